The molecular weight excluding hydrogens is 1150 g/mol. The largest absolute Gasteiger partial charge is 0.378 e. The van der Waals surface area contributed by atoms with Crippen molar-refractivity contribution < 1.29 is 80.0 Å². The Bertz CT molecular complexity index is 2430. The van der Waals surface area contributed by atoms with Crippen LogP contribution in [-0.2, 0) is 69.3 Å². The van der Waals surface area contributed by atoms with Gasteiger partial charge in [0.15, 0.2) is 5.25 Å². The second kappa shape index (κ2) is 35.9. The summed E-state index contributed by atoms with van der Waals surface area (Å²) in [5.41, 5.74) is 1.23. The molecule has 0 aliphatic carbocycles. The van der Waals surface area contributed by atoms with E-state index in [-0.39, 0.29) is 136 Å². The zero-order chi connectivity index (χ0) is 60.3. The Morgan fingerprint density at radius 3 is 1.61 bits per heavy atom. The number of imide groups is 1. The fraction of sp³-hybridized carbons (Fsp3) is 0.709. The molecule has 5 aliphatic heterocycles. The molecule has 5 aliphatic rings. The Balaban J connectivity index is 0.817. The minimum absolute atomic E-state index is 0.00316. The van der Waals surface area contributed by atoms with Crippen LogP contribution in [0, 0.1) is 0 Å². The van der Waals surface area contributed by atoms with Gasteiger partial charge in [-0.3, -0.25) is 43.0 Å². The first-order chi connectivity index (χ1) is 40.4. The normalized spacial score (nSPS) is 21.6. The number of nitrogens with one attached hydrogen (secondary N) is 7. The van der Waals surface area contributed by atoms with E-state index in [0.717, 1.165) is 81.3 Å². The highest BCUT2D eigenvalue weighted by Gasteiger charge is 2.48. The lowest BCUT2D eigenvalue weighted by molar-refractivity contribution is -0.198. The number of carbonyl (C=O) groups excluding carboxylic acids is 10. The predicted octanol–water partition coefficient (Wildman–Crippen LogP) is 2.07. The summed E-state index contributed by atoms with van der Waals surface area (Å²) in [5.74, 6) is -1.92. The average Bonchev–Trinajstić information content (AvgIpc) is 3.63. The third-order valence-corrected chi connectivity index (χ3v) is 18.9. The Labute approximate surface area is 499 Å². The molecule has 0 radical (unpaired) electrons. The summed E-state index contributed by atoms with van der Waals surface area (Å²) < 4.78 is 47.8. The van der Waals surface area contributed by atoms with Crippen LogP contribution in [0.3, 0.4) is 0 Å². The number of carbonyl (C=O) groups is 10. The lowest BCUT2D eigenvalue weighted by Crippen LogP contribution is -2.36. The molecule has 0 aromatic heterocycles. The number of rotatable bonds is 43. The lowest BCUT2D eigenvalue weighted by Gasteiger charge is -2.21. The van der Waals surface area contributed by atoms with E-state index in [9.17, 15) is 56.4 Å². The maximum Gasteiger partial charge on any atom is 0.335 e. The zero-order valence-electron chi connectivity index (χ0n) is 47.6. The standard InChI is InChI=1S/C55H83N9O17S3/c65-39(11-3-1-9-22-56-46(67)15-7-5-13-43-50-41(35-82-43)59-54(73)61-50)33-63(34-40(66)12-4-2-10-23-57-47(68)16-8-6-14-44-51-42(36-83-44)60-55(74)62-51)32-37-17-19-38(20-18-37)52(71)58-24-26-79-28-30-80-29-27-78-25-21-49(70)81-64-48(69)31-45(53(64)72)84(75,76)77/h17-20,41-45,50-51H,1-16,21-36H2,(H,56,67)(H,57,68)(H,58,71)(H2,59,61,73)(H2,60,62,74)(H,75,76,77). The Hall–Kier alpha value is -5.43. The Kier molecular flexibility index (Phi) is 28.9. The van der Waals surface area contributed by atoms with Crippen LogP contribution in [0.1, 0.15) is 131 Å². The molecule has 5 fully saturated rings. The molecule has 0 spiro atoms. The summed E-state index contributed by atoms with van der Waals surface area (Å²) in [4.78, 5) is 130. The van der Waals surface area contributed by atoms with Gasteiger partial charge in [0.05, 0.1) is 89.7 Å². The second-order valence-corrected chi connectivity index (χ2v) is 25.7. The number of amides is 9. The Morgan fingerprint density at radius 2 is 1.10 bits per heavy atom. The number of thioether (sulfide) groups is 2. The average molecular weight is 1240 g/mol. The number of fused-ring (bicyclic) bond motifs is 2. The van der Waals surface area contributed by atoms with Crippen molar-refractivity contribution in [2.24, 2.45) is 0 Å². The number of nitrogens with zero attached hydrogens (tertiary/aromatic N) is 2. The van der Waals surface area contributed by atoms with Gasteiger partial charge in [0.25, 0.3) is 27.8 Å². The van der Waals surface area contributed by atoms with Gasteiger partial charge in [-0.2, -0.15) is 31.9 Å². The molecule has 8 N–H and O–H groups in total. The third kappa shape index (κ3) is 23.8. The third-order valence-electron chi connectivity index (χ3n) is 14.8. The van der Waals surface area contributed by atoms with Crippen LogP contribution in [0.25, 0.3) is 0 Å². The van der Waals surface area contributed by atoms with Crippen molar-refractivity contribution in [3.8, 4) is 0 Å². The number of benzene rings is 1. The highest BCUT2D eigenvalue weighted by molar-refractivity contribution is 8.00. The van der Waals surface area contributed by atoms with E-state index in [2.05, 4.69) is 42.1 Å². The van der Waals surface area contributed by atoms with E-state index in [1.165, 1.54) is 0 Å². The van der Waals surface area contributed by atoms with Crippen molar-refractivity contribution in [3.63, 3.8) is 0 Å². The SMILES string of the molecule is O=C(CCCCCNC(=O)CCCCC1SCC2NC(=O)NC21)CN(CC(=O)CCCCCNC(=O)CCCCC1SCC2NC(=O)NC21)Cc1ccc(C(=O)NCCOCCOCCOCCC(=O)ON2C(=O)CC(S(=O)(=O)O)C2=O)cc1. The van der Waals surface area contributed by atoms with Gasteiger partial charge >= 0.3 is 18.0 Å². The van der Waals surface area contributed by atoms with Crippen molar-refractivity contribution >= 4 is 92.8 Å². The maximum absolute atomic E-state index is 13.3. The van der Waals surface area contributed by atoms with E-state index in [1.54, 1.807) is 24.3 Å². The number of hydrogen-bond acceptors (Lipinski definition) is 19. The predicted molar refractivity (Wildman–Crippen MR) is 310 cm³/mol. The summed E-state index contributed by atoms with van der Waals surface area (Å²) in [6, 6.07) is 7.44. The molecule has 9 amide bonds. The quantitative estimate of drug-likeness (QED) is 0.0201. The minimum atomic E-state index is -4.83. The topological polar surface area (TPSA) is 353 Å². The molecule has 29 heteroatoms. The van der Waals surface area contributed by atoms with Gasteiger partial charge < -0.3 is 56.3 Å². The number of ketones is 2. The summed E-state index contributed by atoms with van der Waals surface area (Å²) in [6.07, 6.45) is 9.95. The second-order valence-electron chi connectivity index (χ2n) is 21.5. The van der Waals surface area contributed by atoms with Crippen molar-refractivity contribution in [3.05, 3.63) is 35.4 Å². The molecule has 1 aromatic rings. The molecule has 5 heterocycles. The number of urea groups is 2. The van der Waals surface area contributed by atoms with Gasteiger partial charge in [-0.15, -0.1) is 5.06 Å². The fourth-order valence-electron chi connectivity index (χ4n) is 10.4. The van der Waals surface area contributed by atoms with E-state index in [4.69, 9.17) is 18.8 Å². The minimum Gasteiger partial charge on any atom is -0.378 e. The summed E-state index contributed by atoms with van der Waals surface area (Å²) in [6.45, 7) is 2.49. The molecule has 1 aromatic carbocycles. The maximum atomic E-state index is 13.3. The molecule has 0 saturated carbocycles. The van der Waals surface area contributed by atoms with Gasteiger partial charge in [0, 0.05) is 79.4 Å². The van der Waals surface area contributed by atoms with E-state index in [0.29, 0.717) is 74.2 Å². The van der Waals surface area contributed by atoms with E-state index >= 15 is 0 Å². The molecule has 468 valence electrons. The lowest BCUT2D eigenvalue weighted by atomic mass is 10.0. The number of hydrogen-bond donors (Lipinski definition) is 8. The van der Waals surface area contributed by atoms with Crippen LogP contribution >= 0.6 is 23.5 Å². The molecule has 7 unspecified atom stereocenters. The van der Waals surface area contributed by atoms with Crippen molar-refractivity contribution in [1.82, 2.24) is 47.2 Å². The molecule has 6 rings (SSSR count). The van der Waals surface area contributed by atoms with Crippen molar-refractivity contribution in [2.75, 3.05) is 83.9 Å². The van der Waals surface area contributed by atoms with Crippen LogP contribution in [0.2, 0.25) is 0 Å². The van der Waals surface area contributed by atoms with Crippen LogP contribution in [0.15, 0.2) is 24.3 Å². The summed E-state index contributed by atoms with van der Waals surface area (Å²) in [7, 11) is -4.83. The van der Waals surface area contributed by atoms with Gasteiger partial charge in [-0.25, -0.2) is 14.4 Å². The summed E-state index contributed by atoms with van der Waals surface area (Å²) in [5, 5.41) is 19.4. The summed E-state index contributed by atoms with van der Waals surface area (Å²) >= 11 is 3.73. The monoisotopic (exact) mass is 1240 g/mol. The highest BCUT2D eigenvalue weighted by atomic mass is 32.2. The zero-order valence-corrected chi connectivity index (χ0v) is 50.0. The van der Waals surface area contributed by atoms with Crippen LogP contribution in [0.5, 0.6) is 0 Å². The number of hydroxylamine groups is 2. The molecule has 5 saturated heterocycles. The first-order valence-electron chi connectivity index (χ1n) is 29.2. The van der Waals surface area contributed by atoms with Crippen molar-refractivity contribution in [1.29, 1.82) is 0 Å². The van der Waals surface area contributed by atoms with Crippen LogP contribution in [-0.4, -0.2) is 206 Å². The van der Waals surface area contributed by atoms with E-state index in [1.807, 2.05) is 28.4 Å². The molecule has 26 nitrogen and oxygen atoms in total. The van der Waals surface area contributed by atoms with Gasteiger partial charge in [-0.05, 0) is 69.1 Å². The first kappa shape index (κ1) is 67.7. The van der Waals surface area contributed by atoms with E-state index < -0.39 is 39.6 Å². The number of ether oxygens (including phenoxy) is 3. The number of Topliss-reactive ketones (excluding diaryl/α,β-unsaturated/α-hetero) is 2. The van der Waals surface area contributed by atoms with Crippen molar-refractivity contribution in [2.45, 2.75) is 162 Å². The van der Waals surface area contributed by atoms with Gasteiger partial charge in [-0.1, -0.05) is 37.8 Å². The van der Waals surface area contributed by atoms with Gasteiger partial charge in [0.2, 0.25) is 11.8 Å². The highest BCUT2D eigenvalue weighted by Crippen LogP contribution is 2.34. The molecular formula is C55H83N9O17S3. The molecule has 84 heavy (non-hydrogen) atoms. The van der Waals surface area contributed by atoms with Crippen LogP contribution in [0.4, 0.5) is 9.59 Å². The first-order valence-corrected chi connectivity index (χ1v) is 32.8. The Morgan fingerprint density at radius 1 is 0.595 bits per heavy atom. The van der Waals surface area contributed by atoms with Gasteiger partial charge in [0.1, 0.15) is 11.6 Å². The number of unbranched alkanes of at least 4 members (excludes halogenated alkanes) is 6. The molecule has 0 bridgehead atoms. The fourth-order valence-corrected chi connectivity index (χ4v) is 14.2. The smallest absolute Gasteiger partial charge is 0.335 e. The van der Waals surface area contributed by atoms with Crippen LogP contribution < -0.4 is 37.2 Å². The molecule has 7 atom stereocenters.